The normalized spacial score (nSPS) is 26.2. The lowest BCUT2D eigenvalue weighted by molar-refractivity contribution is -0.286. The maximum atomic E-state index is 13.6. The van der Waals surface area contributed by atoms with Crippen LogP contribution in [0.4, 0.5) is 14.5 Å². The molecular formula is C20H21F2N3O4. The number of alkyl halides is 2. The molecule has 0 bridgehead atoms. The Hall–Kier alpha value is -2.65. The number of nitrogens with zero attached hydrogens (tertiary/aromatic N) is 3. The van der Waals surface area contributed by atoms with Crippen molar-refractivity contribution in [3.05, 3.63) is 42.1 Å². The standard InChI is InChI=1S/C20H21F2N3O4/c21-20(22)28-16-11-14-15(12-17(16)29-20)24(10-9-23-7-4-13(26)5-8-23)18-3-1-2-6-25(18)19(14)27/h1-3,6,11-13,18,26H,4-5,7-10H2/i3D. The van der Waals surface area contributed by atoms with Crippen LogP contribution in [0, 0.1) is 0 Å². The van der Waals surface area contributed by atoms with Gasteiger partial charge in [0.25, 0.3) is 5.91 Å². The van der Waals surface area contributed by atoms with Crippen molar-refractivity contribution in [1.29, 1.82) is 0 Å². The quantitative estimate of drug-likeness (QED) is 0.830. The zero-order valence-electron chi connectivity index (χ0n) is 16.6. The first-order valence-corrected chi connectivity index (χ1v) is 9.61. The number of benzene rings is 1. The topological polar surface area (TPSA) is 65.5 Å². The van der Waals surface area contributed by atoms with Crippen LogP contribution in [-0.4, -0.2) is 65.6 Å². The van der Waals surface area contributed by atoms with Crippen LogP contribution in [0.5, 0.6) is 11.5 Å². The average Bonchev–Trinajstić information content (AvgIpc) is 3.01. The van der Waals surface area contributed by atoms with Gasteiger partial charge in [0.15, 0.2) is 11.5 Å². The molecule has 0 saturated carbocycles. The Morgan fingerprint density at radius 1 is 1.17 bits per heavy atom. The molecule has 0 aliphatic carbocycles. The van der Waals surface area contributed by atoms with Gasteiger partial charge in [-0.3, -0.25) is 9.69 Å². The Kier molecular flexibility index (Phi) is 3.98. The zero-order chi connectivity index (χ0) is 21.0. The lowest BCUT2D eigenvalue weighted by Gasteiger charge is -2.44. The van der Waals surface area contributed by atoms with Crippen molar-refractivity contribution in [1.82, 2.24) is 9.80 Å². The molecule has 7 nitrogen and oxygen atoms in total. The van der Waals surface area contributed by atoms with Gasteiger partial charge >= 0.3 is 6.29 Å². The average molecular weight is 406 g/mol. The van der Waals surface area contributed by atoms with E-state index in [2.05, 4.69) is 14.4 Å². The van der Waals surface area contributed by atoms with E-state index in [-0.39, 0.29) is 35.1 Å². The van der Waals surface area contributed by atoms with E-state index in [0.29, 0.717) is 31.6 Å². The van der Waals surface area contributed by atoms with E-state index in [1.165, 1.54) is 17.0 Å². The van der Waals surface area contributed by atoms with Crippen molar-refractivity contribution in [2.45, 2.75) is 31.4 Å². The number of hydrogen-bond donors (Lipinski definition) is 1. The lowest BCUT2D eigenvalue weighted by atomic mass is 10.0. The number of anilines is 1. The summed E-state index contributed by atoms with van der Waals surface area (Å²) in [7, 11) is 0. The number of fused-ring (bicyclic) bond motifs is 3. The Balaban J connectivity index is 1.49. The van der Waals surface area contributed by atoms with Crippen LogP contribution in [0.15, 0.2) is 36.5 Å². The van der Waals surface area contributed by atoms with Gasteiger partial charge in [-0.05, 0) is 31.0 Å². The SMILES string of the molecule is [2H]C1=CC=CN2C(=O)c3cc4c(cc3N(CCN3CCC(O)CC3)C12)OC(F)(F)O4. The van der Waals surface area contributed by atoms with Crippen molar-refractivity contribution in [2.75, 3.05) is 31.1 Å². The summed E-state index contributed by atoms with van der Waals surface area (Å²) in [6, 6.07) is 2.91. The molecule has 154 valence electrons. The number of allylic oxidation sites excluding steroid dienone is 2. The van der Waals surface area contributed by atoms with Crippen molar-refractivity contribution in [3.63, 3.8) is 0 Å². The minimum Gasteiger partial charge on any atom is -0.395 e. The van der Waals surface area contributed by atoms with Gasteiger partial charge in [-0.25, -0.2) is 0 Å². The van der Waals surface area contributed by atoms with E-state index in [4.69, 9.17) is 1.37 Å². The Labute approximate surface area is 167 Å². The molecule has 1 unspecified atom stereocenters. The number of halogens is 2. The lowest BCUT2D eigenvalue weighted by Crippen LogP contribution is -2.54. The molecule has 29 heavy (non-hydrogen) atoms. The van der Waals surface area contributed by atoms with E-state index in [9.17, 15) is 18.7 Å². The largest absolute Gasteiger partial charge is 0.586 e. The highest BCUT2D eigenvalue weighted by Gasteiger charge is 2.46. The van der Waals surface area contributed by atoms with Crippen LogP contribution >= 0.6 is 0 Å². The van der Waals surface area contributed by atoms with Crippen LogP contribution in [0.25, 0.3) is 0 Å². The second kappa shape index (κ2) is 6.70. The molecule has 1 aromatic rings. The van der Waals surface area contributed by atoms with E-state index < -0.39 is 12.5 Å². The highest BCUT2D eigenvalue weighted by atomic mass is 19.3. The number of rotatable bonds is 3. The van der Waals surface area contributed by atoms with Gasteiger partial charge in [0, 0.05) is 38.4 Å². The van der Waals surface area contributed by atoms with Crippen LogP contribution in [0.2, 0.25) is 0 Å². The third kappa shape index (κ3) is 3.24. The third-order valence-corrected chi connectivity index (χ3v) is 5.66. The Bertz CT molecular complexity index is 946. The fourth-order valence-corrected chi connectivity index (χ4v) is 4.16. The third-order valence-electron chi connectivity index (χ3n) is 5.66. The molecule has 0 radical (unpaired) electrons. The molecule has 0 aromatic heterocycles. The predicted molar refractivity (Wildman–Crippen MR) is 99.9 cm³/mol. The minimum absolute atomic E-state index is 0.132. The second-order valence-electron chi connectivity index (χ2n) is 7.51. The van der Waals surface area contributed by atoms with Gasteiger partial charge in [-0.15, -0.1) is 8.78 Å². The number of likely N-dealkylation sites (tertiary alicyclic amines) is 1. The minimum atomic E-state index is -3.78. The van der Waals surface area contributed by atoms with Crippen molar-refractivity contribution in [3.8, 4) is 11.5 Å². The van der Waals surface area contributed by atoms with Gasteiger partial charge in [0.1, 0.15) is 6.17 Å². The predicted octanol–water partition coefficient (Wildman–Crippen LogP) is 2.14. The van der Waals surface area contributed by atoms with Gasteiger partial charge < -0.3 is 24.4 Å². The van der Waals surface area contributed by atoms with Crippen LogP contribution in [0.1, 0.15) is 24.6 Å². The maximum absolute atomic E-state index is 13.6. The molecule has 1 N–H and O–H groups in total. The van der Waals surface area contributed by atoms with Crippen molar-refractivity contribution in [2.24, 2.45) is 0 Å². The highest BCUT2D eigenvalue weighted by Crippen LogP contribution is 2.46. The molecule has 1 amide bonds. The first-order chi connectivity index (χ1) is 14.3. The molecule has 1 aromatic carbocycles. The molecule has 4 aliphatic rings. The van der Waals surface area contributed by atoms with E-state index in [0.717, 1.165) is 13.1 Å². The smallest absolute Gasteiger partial charge is 0.395 e. The molecule has 5 rings (SSSR count). The number of amides is 1. The maximum Gasteiger partial charge on any atom is 0.586 e. The highest BCUT2D eigenvalue weighted by molar-refractivity contribution is 6.04. The number of aliphatic hydroxyl groups excluding tert-OH is 1. The number of aliphatic hydroxyl groups is 1. The Morgan fingerprint density at radius 2 is 1.90 bits per heavy atom. The molecule has 9 heteroatoms. The first kappa shape index (κ1) is 17.2. The monoisotopic (exact) mass is 406 g/mol. The summed E-state index contributed by atoms with van der Waals surface area (Å²) >= 11 is 0. The second-order valence-corrected chi connectivity index (χ2v) is 7.51. The van der Waals surface area contributed by atoms with Crippen LogP contribution in [0.3, 0.4) is 0 Å². The van der Waals surface area contributed by atoms with Gasteiger partial charge in [-0.1, -0.05) is 6.08 Å². The molecule has 0 spiro atoms. The number of ether oxygens (including phenoxy) is 2. The summed E-state index contributed by atoms with van der Waals surface area (Å²) in [4.78, 5) is 18.6. The van der Waals surface area contributed by atoms with Crippen LogP contribution < -0.4 is 14.4 Å². The van der Waals surface area contributed by atoms with Gasteiger partial charge in [0.05, 0.1) is 18.7 Å². The van der Waals surface area contributed by atoms with Crippen molar-refractivity contribution >= 4 is 11.6 Å². The zero-order valence-corrected chi connectivity index (χ0v) is 15.6. The van der Waals surface area contributed by atoms with Crippen molar-refractivity contribution < 1.29 is 29.5 Å². The fraction of sp³-hybridized carbons (Fsp3) is 0.450. The van der Waals surface area contributed by atoms with E-state index in [1.807, 2.05) is 4.90 Å². The number of piperidine rings is 1. The molecular weight excluding hydrogens is 384 g/mol. The number of hydrogen-bond acceptors (Lipinski definition) is 6. The first-order valence-electron chi connectivity index (χ1n) is 10.1. The summed E-state index contributed by atoms with van der Waals surface area (Å²) in [5, 5.41) is 9.72. The Morgan fingerprint density at radius 3 is 2.66 bits per heavy atom. The molecule has 1 fully saturated rings. The van der Waals surface area contributed by atoms with E-state index >= 15 is 0 Å². The summed E-state index contributed by atoms with van der Waals surface area (Å²) in [5.74, 6) is -0.700. The molecule has 1 saturated heterocycles. The fourth-order valence-electron chi connectivity index (χ4n) is 4.16. The summed E-state index contributed by atoms with van der Waals surface area (Å²) in [6.07, 6.45) is 1.51. The molecule has 4 aliphatic heterocycles. The van der Waals surface area contributed by atoms with E-state index in [1.54, 1.807) is 18.4 Å². The summed E-state index contributed by atoms with van der Waals surface area (Å²) < 4.78 is 44.6. The molecule has 4 heterocycles. The van der Waals surface area contributed by atoms with Crippen LogP contribution in [-0.2, 0) is 0 Å². The van der Waals surface area contributed by atoms with Gasteiger partial charge in [0.2, 0.25) is 0 Å². The summed E-state index contributed by atoms with van der Waals surface area (Å²) in [5.41, 5.74) is 0.659. The molecule has 1 atom stereocenters. The van der Waals surface area contributed by atoms with Gasteiger partial charge in [-0.2, -0.15) is 0 Å². The number of carbonyl (C=O) groups is 1. The number of carbonyl (C=O) groups excluding carboxylic acids is 1. The summed E-state index contributed by atoms with van der Waals surface area (Å²) in [6.45, 7) is 2.63.